The largest absolute Gasteiger partial charge is 0.478 e. The lowest BCUT2D eigenvalue weighted by atomic mass is 10.1. The van der Waals surface area contributed by atoms with Gasteiger partial charge in [-0.1, -0.05) is 44.7 Å². The first-order valence-electron chi connectivity index (χ1n) is 7.92. The Bertz CT molecular complexity index is 456. The van der Waals surface area contributed by atoms with E-state index in [0.717, 1.165) is 25.7 Å². The van der Waals surface area contributed by atoms with E-state index < -0.39 is 11.9 Å². The van der Waals surface area contributed by atoms with Crippen LogP contribution in [0.3, 0.4) is 0 Å². The molecule has 3 nitrogen and oxygen atoms in total. The first kappa shape index (κ1) is 15.8. The summed E-state index contributed by atoms with van der Waals surface area (Å²) in [5.74, 6) is -0.425. The predicted molar refractivity (Wildman–Crippen MR) is 80.7 cm³/mol. The molecule has 1 amide bonds. The first-order chi connectivity index (χ1) is 10.2. The second-order valence-corrected chi connectivity index (χ2v) is 5.64. The Balaban J connectivity index is 1.93. The average Bonchev–Trinajstić information content (AvgIpc) is 2.75. The van der Waals surface area contributed by atoms with Gasteiger partial charge in [-0.2, -0.15) is 0 Å². The smallest absolute Gasteiger partial charge is 0.261 e. The monoisotopic (exact) mass is 293 g/mol. The molecule has 1 atom stereocenters. The SMILES string of the molecule is CCC(Oc1ccccc1F)C(=O)NC1CCCCCC1. The summed E-state index contributed by atoms with van der Waals surface area (Å²) in [7, 11) is 0. The van der Waals surface area contributed by atoms with Gasteiger partial charge in [-0.25, -0.2) is 4.39 Å². The molecule has 1 aliphatic rings. The molecule has 1 aromatic rings. The summed E-state index contributed by atoms with van der Waals surface area (Å²) >= 11 is 0. The van der Waals surface area contributed by atoms with Crippen LogP contribution in [-0.4, -0.2) is 18.1 Å². The minimum atomic E-state index is -0.634. The molecule has 0 bridgehead atoms. The fourth-order valence-electron chi connectivity index (χ4n) is 2.73. The maximum Gasteiger partial charge on any atom is 0.261 e. The zero-order valence-corrected chi connectivity index (χ0v) is 12.6. The molecule has 1 unspecified atom stereocenters. The maximum atomic E-state index is 13.6. The highest BCUT2D eigenvalue weighted by Crippen LogP contribution is 2.20. The molecule has 4 heteroatoms. The molecular weight excluding hydrogens is 269 g/mol. The van der Waals surface area contributed by atoms with Gasteiger partial charge in [0.15, 0.2) is 17.7 Å². The third-order valence-corrected chi connectivity index (χ3v) is 3.97. The fraction of sp³-hybridized carbons (Fsp3) is 0.588. The molecule has 0 radical (unpaired) electrons. The Morgan fingerprint density at radius 1 is 1.29 bits per heavy atom. The zero-order valence-electron chi connectivity index (χ0n) is 12.6. The summed E-state index contributed by atoms with van der Waals surface area (Å²) in [6.45, 7) is 1.87. The van der Waals surface area contributed by atoms with E-state index in [4.69, 9.17) is 4.74 Å². The van der Waals surface area contributed by atoms with E-state index in [-0.39, 0.29) is 17.7 Å². The van der Waals surface area contributed by atoms with E-state index in [0.29, 0.717) is 6.42 Å². The number of para-hydroxylation sites is 1. The van der Waals surface area contributed by atoms with Gasteiger partial charge in [0, 0.05) is 6.04 Å². The number of nitrogens with one attached hydrogen (secondary N) is 1. The van der Waals surface area contributed by atoms with Gasteiger partial charge in [-0.3, -0.25) is 4.79 Å². The lowest BCUT2D eigenvalue weighted by molar-refractivity contribution is -0.129. The van der Waals surface area contributed by atoms with Crippen molar-refractivity contribution in [3.63, 3.8) is 0 Å². The number of carbonyl (C=O) groups excluding carboxylic acids is 1. The van der Waals surface area contributed by atoms with E-state index in [2.05, 4.69) is 5.32 Å². The van der Waals surface area contributed by atoms with E-state index in [9.17, 15) is 9.18 Å². The van der Waals surface area contributed by atoms with Crippen molar-refractivity contribution in [1.29, 1.82) is 0 Å². The summed E-state index contributed by atoms with van der Waals surface area (Å²) in [5.41, 5.74) is 0. The van der Waals surface area contributed by atoms with Crippen molar-refractivity contribution in [3.8, 4) is 5.75 Å². The van der Waals surface area contributed by atoms with Crippen molar-refractivity contribution in [2.24, 2.45) is 0 Å². The normalized spacial score (nSPS) is 17.8. The van der Waals surface area contributed by atoms with Gasteiger partial charge in [0.1, 0.15) is 0 Å². The van der Waals surface area contributed by atoms with Gasteiger partial charge in [0.25, 0.3) is 5.91 Å². The summed E-state index contributed by atoms with van der Waals surface area (Å²) in [6, 6.07) is 6.43. The van der Waals surface area contributed by atoms with Crippen LogP contribution >= 0.6 is 0 Å². The van der Waals surface area contributed by atoms with E-state index >= 15 is 0 Å². The van der Waals surface area contributed by atoms with Crippen LogP contribution in [0.5, 0.6) is 5.75 Å². The van der Waals surface area contributed by atoms with Crippen LogP contribution < -0.4 is 10.1 Å². The van der Waals surface area contributed by atoms with Crippen LogP contribution in [0.4, 0.5) is 4.39 Å². The van der Waals surface area contributed by atoms with Crippen LogP contribution in [0.25, 0.3) is 0 Å². The second kappa shape index (κ2) is 8.01. The number of ether oxygens (including phenoxy) is 1. The summed E-state index contributed by atoms with van der Waals surface area (Å²) in [5, 5.41) is 3.06. The molecule has 1 fully saturated rings. The van der Waals surface area contributed by atoms with Crippen LogP contribution in [0.1, 0.15) is 51.9 Å². The molecule has 1 aromatic carbocycles. The van der Waals surface area contributed by atoms with Crippen LogP contribution in [0.2, 0.25) is 0 Å². The number of rotatable bonds is 5. The number of halogens is 1. The van der Waals surface area contributed by atoms with Crippen molar-refractivity contribution < 1.29 is 13.9 Å². The van der Waals surface area contributed by atoms with Crippen molar-refractivity contribution in [2.45, 2.75) is 64.0 Å². The van der Waals surface area contributed by atoms with Crippen LogP contribution in [-0.2, 0) is 4.79 Å². The molecule has 0 spiro atoms. The highest BCUT2D eigenvalue weighted by atomic mass is 19.1. The number of amides is 1. The number of hydrogen-bond donors (Lipinski definition) is 1. The molecule has 1 N–H and O–H groups in total. The molecular formula is C17H24FNO2. The van der Waals surface area contributed by atoms with E-state index in [1.165, 1.54) is 18.9 Å². The van der Waals surface area contributed by atoms with Crippen LogP contribution in [0, 0.1) is 5.82 Å². The van der Waals surface area contributed by atoms with E-state index in [1.807, 2.05) is 6.92 Å². The van der Waals surface area contributed by atoms with Gasteiger partial charge < -0.3 is 10.1 Å². The molecule has 0 saturated heterocycles. The topological polar surface area (TPSA) is 38.3 Å². The Morgan fingerprint density at radius 3 is 2.57 bits per heavy atom. The van der Waals surface area contributed by atoms with Gasteiger partial charge in [-0.05, 0) is 31.4 Å². The van der Waals surface area contributed by atoms with E-state index in [1.54, 1.807) is 18.2 Å². The Morgan fingerprint density at radius 2 is 1.95 bits per heavy atom. The lowest BCUT2D eigenvalue weighted by Crippen LogP contribution is -2.43. The Hall–Kier alpha value is -1.58. The van der Waals surface area contributed by atoms with Gasteiger partial charge >= 0.3 is 0 Å². The average molecular weight is 293 g/mol. The third kappa shape index (κ3) is 4.73. The maximum absolute atomic E-state index is 13.6. The quantitative estimate of drug-likeness (QED) is 0.838. The molecule has 21 heavy (non-hydrogen) atoms. The van der Waals surface area contributed by atoms with Crippen molar-refractivity contribution in [2.75, 3.05) is 0 Å². The van der Waals surface area contributed by atoms with Crippen molar-refractivity contribution in [1.82, 2.24) is 5.32 Å². The van der Waals surface area contributed by atoms with Crippen molar-refractivity contribution in [3.05, 3.63) is 30.1 Å². The van der Waals surface area contributed by atoms with Crippen LogP contribution in [0.15, 0.2) is 24.3 Å². The molecule has 2 rings (SSSR count). The Kier molecular flexibility index (Phi) is 6.03. The standard InChI is InChI=1S/C17H24FNO2/c1-2-15(21-16-12-8-7-11-14(16)18)17(20)19-13-9-5-3-4-6-10-13/h7-8,11-13,15H,2-6,9-10H2,1H3,(H,19,20). The summed E-state index contributed by atoms with van der Waals surface area (Å²) in [4.78, 5) is 12.3. The van der Waals surface area contributed by atoms with Crippen molar-refractivity contribution >= 4 is 5.91 Å². The highest BCUT2D eigenvalue weighted by molar-refractivity contribution is 5.81. The fourth-order valence-corrected chi connectivity index (χ4v) is 2.73. The van der Waals surface area contributed by atoms with Gasteiger partial charge in [0.2, 0.25) is 0 Å². The number of hydrogen-bond acceptors (Lipinski definition) is 2. The molecule has 0 aromatic heterocycles. The highest BCUT2D eigenvalue weighted by Gasteiger charge is 2.23. The van der Waals surface area contributed by atoms with Gasteiger partial charge in [0.05, 0.1) is 0 Å². The predicted octanol–water partition coefficient (Wildman–Crippen LogP) is 3.82. The van der Waals surface area contributed by atoms with Gasteiger partial charge in [-0.15, -0.1) is 0 Å². The number of benzene rings is 1. The molecule has 116 valence electrons. The summed E-state index contributed by atoms with van der Waals surface area (Å²) < 4.78 is 19.1. The summed E-state index contributed by atoms with van der Waals surface area (Å²) in [6.07, 6.45) is 6.76. The minimum Gasteiger partial charge on any atom is -0.478 e. The lowest BCUT2D eigenvalue weighted by Gasteiger charge is -2.22. The Labute approximate surface area is 125 Å². The molecule has 1 aliphatic carbocycles. The number of carbonyl (C=O) groups is 1. The molecule has 1 saturated carbocycles. The third-order valence-electron chi connectivity index (χ3n) is 3.97. The second-order valence-electron chi connectivity index (χ2n) is 5.64. The molecule has 0 aliphatic heterocycles. The minimum absolute atomic E-state index is 0.132. The first-order valence-corrected chi connectivity index (χ1v) is 7.92. The molecule has 0 heterocycles. The zero-order chi connectivity index (χ0) is 15.1.